The van der Waals surface area contributed by atoms with Gasteiger partial charge in [-0.2, -0.15) is 11.8 Å². The number of hydrogen-bond acceptors (Lipinski definition) is 4. The van der Waals surface area contributed by atoms with Gasteiger partial charge in [0.1, 0.15) is 11.8 Å². The Bertz CT molecular complexity index is 478. The number of hydrogen-bond donors (Lipinski definition) is 2. The minimum Gasteiger partial charge on any atom is -0.496 e. The van der Waals surface area contributed by atoms with Gasteiger partial charge in [-0.25, -0.2) is 4.79 Å². The van der Waals surface area contributed by atoms with Crippen LogP contribution in [0.1, 0.15) is 18.4 Å². The minimum absolute atomic E-state index is 0.240. The maximum atomic E-state index is 11.9. The molecular weight excluding hydrogens is 290 g/mol. The van der Waals surface area contributed by atoms with E-state index in [-0.39, 0.29) is 12.3 Å². The second kappa shape index (κ2) is 9.28. The largest absolute Gasteiger partial charge is 0.496 e. The van der Waals surface area contributed by atoms with Gasteiger partial charge in [0.05, 0.1) is 7.11 Å². The summed E-state index contributed by atoms with van der Waals surface area (Å²) in [4.78, 5) is 22.9. The number of aryl methyl sites for hydroxylation is 1. The maximum absolute atomic E-state index is 11.9. The third-order valence-corrected chi connectivity index (χ3v) is 3.70. The number of carbonyl (C=O) groups is 2. The van der Waals surface area contributed by atoms with Crippen LogP contribution in [0.15, 0.2) is 24.3 Å². The maximum Gasteiger partial charge on any atom is 0.326 e. The van der Waals surface area contributed by atoms with Crippen molar-refractivity contribution in [3.63, 3.8) is 0 Å². The van der Waals surface area contributed by atoms with Crippen LogP contribution >= 0.6 is 11.8 Å². The van der Waals surface area contributed by atoms with Crippen molar-refractivity contribution >= 4 is 23.6 Å². The summed E-state index contributed by atoms with van der Waals surface area (Å²) < 4.78 is 5.22. The molecule has 0 aliphatic rings. The zero-order chi connectivity index (χ0) is 15.7. The first-order chi connectivity index (χ1) is 10.1. The average molecular weight is 311 g/mol. The van der Waals surface area contributed by atoms with Crippen LogP contribution in [-0.2, 0) is 16.0 Å². The molecule has 0 fully saturated rings. The van der Waals surface area contributed by atoms with Crippen LogP contribution in [0, 0.1) is 0 Å². The van der Waals surface area contributed by atoms with Crippen LogP contribution in [0.25, 0.3) is 0 Å². The summed E-state index contributed by atoms with van der Waals surface area (Å²) in [5.41, 5.74) is 0.936. The van der Waals surface area contributed by atoms with E-state index in [2.05, 4.69) is 5.32 Å². The van der Waals surface area contributed by atoms with Gasteiger partial charge >= 0.3 is 5.97 Å². The van der Waals surface area contributed by atoms with E-state index in [9.17, 15) is 9.59 Å². The van der Waals surface area contributed by atoms with Gasteiger partial charge in [0.2, 0.25) is 5.91 Å². The Hall–Kier alpha value is -1.69. The van der Waals surface area contributed by atoms with Crippen LogP contribution in [0.5, 0.6) is 5.75 Å². The van der Waals surface area contributed by atoms with Crippen molar-refractivity contribution in [2.75, 3.05) is 19.1 Å². The molecule has 116 valence electrons. The van der Waals surface area contributed by atoms with Crippen molar-refractivity contribution in [3.8, 4) is 5.75 Å². The molecule has 0 saturated heterocycles. The highest BCUT2D eigenvalue weighted by atomic mass is 32.2. The Morgan fingerprint density at radius 3 is 2.71 bits per heavy atom. The van der Waals surface area contributed by atoms with Gasteiger partial charge in [-0.05, 0) is 36.5 Å². The lowest BCUT2D eigenvalue weighted by atomic mass is 10.1. The number of aliphatic carboxylic acids is 1. The number of para-hydroxylation sites is 1. The van der Waals surface area contributed by atoms with Gasteiger partial charge < -0.3 is 15.2 Å². The summed E-state index contributed by atoms with van der Waals surface area (Å²) in [6.45, 7) is 0. The number of methoxy groups -OCH3 is 1. The Morgan fingerprint density at radius 1 is 1.38 bits per heavy atom. The Kier molecular flexibility index (Phi) is 7.68. The minimum atomic E-state index is -0.991. The molecule has 0 spiro atoms. The van der Waals surface area contributed by atoms with Crippen molar-refractivity contribution in [2.45, 2.75) is 25.3 Å². The molecule has 1 aromatic rings. The van der Waals surface area contributed by atoms with Crippen molar-refractivity contribution < 1.29 is 19.4 Å². The number of thioether (sulfide) groups is 1. The van der Waals surface area contributed by atoms with Gasteiger partial charge in [0.15, 0.2) is 0 Å². The number of amides is 1. The number of carboxylic acid groups (broad SMARTS) is 1. The highest BCUT2D eigenvalue weighted by molar-refractivity contribution is 7.98. The molecule has 0 radical (unpaired) electrons. The first-order valence-electron chi connectivity index (χ1n) is 6.71. The van der Waals surface area contributed by atoms with E-state index in [1.54, 1.807) is 18.9 Å². The summed E-state index contributed by atoms with van der Waals surface area (Å²) in [6.07, 6.45) is 3.09. The number of ether oxygens (including phenoxy) is 1. The van der Waals surface area contributed by atoms with Crippen LogP contribution in [0.3, 0.4) is 0 Å². The van der Waals surface area contributed by atoms with Crippen molar-refractivity contribution in [2.24, 2.45) is 0 Å². The number of benzene rings is 1. The average Bonchev–Trinajstić information content (AvgIpc) is 2.49. The van der Waals surface area contributed by atoms with Crippen LogP contribution in [0.4, 0.5) is 0 Å². The highest BCUT2D eigenvalue weighted by Gasteiger charge is 2.19. The highest BCUT2D eigenvalue weighted by Crippen LogP contribution is 2.18. The number of nitrogens with one attached hydrogen (secondary N) is 1. The molecular formula is C15H21NO4S. The molecule has 0 aromatic heterocycles. The van der Waals surface area contributed by atoms with Crippen LogP contribution < -0.4 is 10.1 Å². The smallest absolute Gasteiger partial charge is 0.326 e. The van der Waals surface area contributed by atoms with Crippen LogP contribution in [0.2, 0.25) is 0 Å². The number of carboxylic acids is 1. The molecule has 0 aliphatic heterocycles. The molecule has 0 saturated carbocycles. The van der Waals surface area contributed by atoms with E-state index in [1.165, 1.54) is 0 Å². The molecule has 21 heavy (non-hydrogen) atoms. The Balaban J connectivity index is 2.50. The molecule has 5 nitrogen and oxygen atoms in total. The predicted octanol–water partition coefficient (Wildman–Crippen LogP) is 1.95. The molecule has 6 heteroatoms. The first-order valence-corrected chi connectivity index (χ1v) is 8.11. The predicted molar refractivity (Wildman–Crippen MR) is 83.9 cm³/mol. The third kappa shape index (κ3) is 6.08. The normalized spacial score (nSPS) is 11.7. The standard InChI is InChI=1S/C15H21NO4S/c1-20-13-6-4-3-5-11(13)7-8-14(17)16-12(15(18)19)9-10-21-2/h3-6,12H,7-10H2,1-2H3,(H,16,17)(H,18,19)/t12-/m1/s1. The number of rotatable bonds is 9. The monoisotopic (exact) mass is 311 g/mol. The molecule has 1 amide bonds. The van der Waals surface area contributed by atoms with E-state index >= 15 is 0 Å². The van der Waals surface area contributed by atoms with Crippen molar-refractivity contribution in [1.29, 1.82) is 0 Å². The van der Waals surface area contributed by atoms with E-state index < -0.39 is 12.0 Å². The summed E-state index contributed by atoms with van der Waals surface area (Å²) >= 11 is 1.56. The quantitative estimate of drug-likeness (QED) is 0.729. The molecule has 2 N–H and O–H groups in total. The van der Waals surface area contributed by atoms with Crippen LogP contribution in [-0.4, -0.2) is 42.1 Å². The van der Waals surface area contributed by atoms with E-state index in [0.717, 1.165) is 11.3 Å². The lowest BCUT2D eigenvalue weighted by Crippen LogP contribution is -2.41. The zero-order valence-electron chi connectivity index (χ0n) is 12.3. The summed E-state index contributed by atoms with van der Waals surface area (Å²) in [7, 11) is 1.59. The summed E-state index contributed by atoms with van der Waals surface area (Å²) in [6, 6.07) is 6.67. The third-order valence-electron chi connectivity index (χ3n) is 3.06. The first kappa shape index (κ1) is 17.4. The lowest BCUT2D eigenvalue weighted by Gasteiger charge is -2.14. The van der Waals surface area contributed by atoms with Crippen molar-refractivity contribution in [1.82, 2.24) is 5.32 Å². The van der Waals surface area contributed by atoms with Gasteiger partial charge in [0, 0.05) is 6.42 Å². The Morgan fingerprint density at radius 2 is 2.10 bits per heavy atom. The van der Waals surface area contributed by atoms with Gasteiger partial charge in [-0.1, -0.05) is 18.2 Å². The fraction of sp³-hybridized carbons (Fsp3) is 0.467. The molecule has 1 rings (SSSR count). The molecule has 1 aromatic carbocycles. The fourth-order valence-corrected chi connectivity index (χ4v) is 2.39. The second-order valence-electron chi connectivity index (χ2n) is 4.55. The summed E-state index contributed by atoms with van der Waals surface area (Å²) in [5.74, 6) is 0.190. The topological polar surface area (TPSA) is 75.6 Å². The Labute approximate surface area is 129 Å². The van der Waals surface area contributed by atoms with Crippen molar-refractivity contribution in [3.05, 3.63) is 29.8 Å². The SMILES string of the molecule is COc1ccccc1CCC(=O)N[C@H](CCSC)C(=O)O. The molecule has 0 aliphatic carbocycles. The van der Waals surface area contributed by atoms with Gasteiger partial charge in [-0.3, -0.25) is 4.79 Å². The fourth-order valence-electron chi connectivity index (χ4n) is 1.92. The van der Waals surface area contributed by atoms with Gasteiger partial charge in [-0.15, -0.1) is 0 Å². The van der Waals surface area contributed by atoms with E-state index in [4.69, 9.17) is 9.84 Å². The molecule has 0 heterocycles. The summed E-state index contributed by atoms with van der Waals surface area (Å²) in [5, 5.41) is 11.6. The van der Waals surface area contributed by atoms with Gasteiger partial charge in [0.25, 0.3) is 0 Å². The molecule has 0 unspecified atom stereocenters. The molecule has 1 atom stereocenters. The zero-order valence-corrected chi connectivity index (χ0v) is 13.1. The molecule has 0 bridgehead atoms. The van der Waals surface area contributed by atoms with E-state index in [0.29, 0.717) is 18.6 Å². The van der Waals surface area contributed by atoms with E-state index in [1.807, 2.05) is 30.5 Å². The lowest BCUT2D eigenvalue weighted by molar-refractivity contribution is -0.141. The number of carbonyl (C=O) groups excluding carboxylic acids is 1. The second-order valence-corrected chi connectivity index (χ2v) is 5.54.